The van der Waals surface area contributed by atoms with Crippen molar-refractivity contribution in [3.8, 4) is 11.5 Å². The molecule has 1 N–H and O–H groups in total. The Bertz CT molecular complexity index is 911. The van der Waals surface area contributed by atoms with Gasteiger partial charge in [0.15, 0.2) is 6.61 Å². The van der Waals surface area contributed by atoms with E-state index < -0.39 is 0 Å². The minimum absolute atomic E-state index is 0.102. The fraction of sp³-hybridized carbons (Fsp3) is 0.150. The fourth-order valence-corrected chi connectivity index (χ4v) is 3.19. The van der Waals surface area contributed by atoms with Crippen LogP contribution in [0.1, 0.15) is 0 Å². The predicted molar refractivity (Wildman–Crippen MR) is 107 cm³/mol. The molecule has 4 nitrogen and oxygen atoms in total. The van der Waals surface area contributed by atoms with Crippen molar-refractivity contribution < 1.29 is 14.3 Å². The predicted octanol–water partition coefficient (Wildman–Crippen LogP) is 4.83. The molecule has 0 aliphatic rings. The average Bonchev–Trinajstić information content (AvgIpc) is 2.64. The van der Waals surface area contributed by atoms with Gasteiger partial charge in [-0.25, -0.2) is 0 Å². The molecule has 3 aromatic carbocycles. The van der Waals surface area contributed by atoms with E-state index in [4.69, 9.17) is 21.1 Å². The highest BCUT2D eigenvalue weighted by molar-refractivity contribution is 9.10. The van der Waals surface area contributed by atoms with E-state index >= 15 is 0 Å². The van der Waals surface area contributed by atoms with Crippen molar-refractivity contribution in [2.24, 2.45) is 0 Å². The molecule has 0 spiro atoms. The van der Waals surface area contributed by atoms with Crippen LogP contribution < -0.4 is 14.8 Å². The van der Waals surface area contributed by atoms with Crippen molar-refractivity contribution in [1.29, 1.82) is 0 Å². The molecular formula is C20H17BrClNO3. The first-order valence-electron chi connectivity index (χ1n) is 8.08. The number of hydrogen-bond donors (Lipinski definition) is 1. The highest BCUT2D eigenvalue weighted by Gasteiger charge is 2.06. The molecule has 134 valence electrons. The van der Waals surface area contributed by atoms with E-state index in [2.05, 4.69) is 21.2 Å². The van der Waals surface area contributed by atoms with Crippen LogP contribution in [0.3, 0.4) is 0 Å². The van der Waals surface area contributed by atoms with Crippen molar-refractivity contribution in [2.75, 3.05) is 19.8 Å². The Morgan fingerprint density at radius 2 is 1.81 bits per heavy atom. The van der Waals surface area contributed by atoms with Gasteiger partial charge in [0.25, 0.3) is 5.91 Å². The Hall–Kier alpha value is -2.24. The normalized spacial score (nSPS) is 10.5. The van der Waals surface area contributed by atoms with Crippen molar-refractivity contribution >= 4 is 44.2 Å². The summed E-state index contributed by atoms with van der Waals surface area (Å²) in [6.45, 7) is 0.661. The molecule has 0 saturated heterocycles. The molecule has 0 heterocycles. The molecule has 0 radical (unpaired) electrons. The second-order valence-electron chi connectivity index (χ2n) is 5.54. The standard InChI is InChI=1S/C20H17BrClNO3/c21-15-8-9-19(17(22)12-15)26-13-20(24)23-10-11-25-18-7-3-5-14-4-1-2-6-16(14)18/h1-9,12H,10-11,13H2,(H,23,24). The zero-order chi connectivity index (χ0) is 18.4. The highest BCUT2D eigenvalue weighted by Crippen LogP contribution is 2.27. The van der Waals surface area contributed by atoms with Gasteiger partial charge in [-0.05, 0) is 29.7 Å². The summed E-state index contributed by atoms with van der Waals surface area (Å²) in [4.78, 5) is 11.9. The maximum Gasteiger partial charge on any atom is 0.258 e. The molecule has 0 aliphatic carbocycles. The molecule has 6 heteroatoms. The lowest BCUT2D eigenvalue weighted by Crippen LogP contribution is -2.32. The first-order valence-corrected chi connectivity index (χ1v) is 9.26. The average molecular weight is 435 g/mol. The maximum absolute atomic E-state index is 11.9. The van der Waals surface area contributed by atoms with Crippen LogP contribution in [0.2, 0.25) is 5.02 Å². The van der Waals surface area contributed by atoms with E-state index in [9.17, 15) is 4.79 Å². The van der Waals surface area contributed by atoms with E-state index in [0.717, 1.165) is 21.0 Å². The molecule has 0 aromatic heterocycles. The zero-order valence-electron chi connectivity index (χ0n) is 13.9. The van der Waals surface area contributed by atoms with Gasteiger partial charge in [-0.2, -0.15) is 0 Å². The van der Waals surface area contributed by atoms with E-state index in [1.54, 1.807) is 18.2 Å². The summed E-state index contributed by atoms with van der Waals surface area (Å²) >= 11 is 9.37. The summed E-state index contributed by atoms with van der Waals surface area (Å²) in [6.07, 6.45) is 0. The quantitative estimate of drug-likeness (QED) is 0.542. The summed E-state index contributed by atoms with van der Waals surface area (Å²) in [5, 5.41) is 5.38. The van der Waals surface area contributed by atoms with Gasteiger partial charge in [-0.3, -0.25) is 4.79 Å². The van der Waals surface area contributed by atoms with Crippen LogP contribution in [0.25, 0.3) is 10.8 Å². The third-order valence-electron chi connectivity index (χ3n) is 3.68. The lowest BCUT2D eigenvalue weighted by atomic mass is 10.1. The van der Waals surface area contributed by atoms with Gasteiger partial charge in [-0.15, -0.1) is 0 Å². The van der Waals surface area contributed by atoms with Crippen molar-refractivity contribution in [3.63, 3.8) is 0 Å². The van der Waals surface area contributed by atoms with Crippen molar-refractivity contribution in [1.82, 2.24) is 5.32 Å². The number of benzene rings is 3. The van der Waals surface area contributed by atoms with Gasteiger partial charge in [0.1, 0.15) is 18.1 Å². The van der Waals surface area contributed by atoms with Crippen LogP contribution >= 0.6 is 27.5 Å². The molecule has 0 atom stereocenters. The highest BCUT2D eigenvalue weighted by atomic mass is 79.9. The monoisotopic (exact) mass is 433 g/mol. The van der Waals surface area contributed by atoms with Crippen LogP contribution in [0.5, 0.6) is 11.5 Å². The van der Waals surface area contributed by atoms with Gasteiger partial charge in [0.2, 0.25) is 0 Å². The number of rotatable bonds is 7. The molecule has 0 unspecified atom stereocenters. The summed E-state index contributed by atoms with van der Waals surface area (Å²) < 4.78 is 12.1. The van der Waals surface area contributed by atoms with Crippen LogP contribution in [0, 0.1) is 0 Å². The number of fused-ring (bicyclic) bond motifs is 1. The Morgan fingerprint density at radius 1 is 1.00 bits per heavy atom. The summed E-state index contributed by atoms with van der Waals surface area (Å²) in [5.41, 5.74) is 0. The SMILES string of the molecule is O=C(COc1ccc(Br)cc1Cl)NCCOc1cccc2ccccc12. The fourth-order valence-electron chi connectivity index (χ4n) is 2.46. The largest absolute Gasteiger partial charge is 0.491 e. The number of nitrogens with one attached hydrogen (secondary N) is 1. The lowest BCUT2D eigenvalue weighted by molar-refractivity contribution is -0.123. The molecule has 0 fully saturated rings. The third kappa shape index (κ3) is 4.90. The molecule has 1 amide bonds. The molecule has 3 rings (SSSR count). The van der Waals surface area contributed by atoms with Crippen LogP contribution in [-0.2, 0) is 4.79 Å². The zero-order valence-corrected chi connectivity index (χ0v) is 16.2. The molecule has 3 aromatic rings. The smallest absolute Gasteiger partial charge is 0.258 e. The number of hydrogen-bond acceptors (Lipinski definition) is 3. The second-order valence-corrected chi connectivity index (χ2v) is 6.86. The van der Waals surface area contributed by atoms with Crippen molar-refractivity contribution in [3.05, 3.63) is 70.2 Å². The number of ether oxygens (including phenoxy) is 2. The Kier molecular flexibility index (Phi) is 6.36. The first-order chi connectivity index (χ1) is 12.6. The Balaban J connectivity index is 1.44. The third-order valence-corrected chi connectivity index (χ3v) is 4.47. The van der Waals surface area contributed by atoms with Gasteiger partial charge >= 0.3 is 0 Å². The van der Waals surface area contributed by atoms with E-state index in [1.165, 1.54) is 0 Å². The topological polar surface area (TPSA) is 47.6 Å². The molecule has 0 bridgehead atoms. The van der Waals surface area contributed by atoms with Crippen LogP contribution in [-0.4, -0.2) is 25.7 Å². The van der Waals surface area contributed by atoms with Crippen LogP contribution in [0.15, 0.2) is 65.1 Å². The van der Waals surface area contributed by atoms with E-state index in [0.29, 0.717) is 23.9 Å². The van der Waals surface area contributed by atoms with Gasteiger partial charge in [0.05, 0.1) is 11.6 Å². The van der Waals surface area contributed by atoms with E-state index in [1.807, 2.05) is 42.5 Å². The summed E-state index contributed by atoms with van der Waals surface area (Å²) in [6, 6.07) is 19.1. The first kappa shape index (κ1) is 18.5. The molecule has 0 aliphatic heterocycles. The van der Waals surface area contributed by atoms with Gasteiger partial charge < -0.3 is 14.8 Å². The Labute approximate surface area is 165 Å². The minimum atomic E-state index is -0.231. The van der Waals surface area contributed by atoms with Crippen LogP contribution in [0.4, 0.5) is 0 Å². The maximum atomic E-state index is 11.9. The lowest BCUT2D eigenvalue weighted by Gasteiger charge is -2.11. The number of carbonyl (C=O) groups is 1. The Morgan fingerprint density at radius 3 is 2.65 bits per heavy atom. The van der Waals surface area contributed by atoms with Crippen molar-refractivity contribution in [2.45, 2.75) is 0 Å². The molecule has 0 saturated carbocycles. The number of amides is 1. The molecule has 26 heavy (non-hydrogen) atoms. The summed E-state index contributed by atoms with van der Waals surface area (Å²) in [5.74, 6) is 1.04. The van der Waals surface area contributed by atoms with Gasteiger partial charge in [-0.1, -0.05) is 63.9 Å². The van der Waals surface area contributed by atoms with Gasteiger partial charge in [0, 0.05) is 9.86 Å². The minimum Gasteiger partial charge on any atom is -0.491 e. The summed E-state index contributed by atoms with van der Waals surface area (Å²) in [7, 11) is 0. The second kappa shape index (κ2) is 8.92. The molecular weight excluding hydrogens is 418 g/mol. The van der Waals surface area contributed by atoms with E-state index in [-0.39, 0.29) is 12.5 Å². The number of carbonyl (C=O) groups excluding carboxylic acids is 1. The number of halogens is 2.